The second-order valence-electron chi connectivity index (χ2n) is 4.35. The van der Waals surface area contributed by atoms with E-state index in [-0.39, 0.29) is 42.6 Å². The summed E-state index contributed by atoms with van der Waals surface area (Å²) < 4.78 is 0. The number of rotatable bonds is 3. The molecule has 0 bridgehead atoms. The zero-order valence-corrected chi connectivity index (χ0v) is 14.1. The van der Waals surface area contributed by atoms with E-state index in [1.165, 1.54) is 0 Å². The van der Waals surface area contributed by atoms with Gasteiger partial charge in [0.2, 0.25) is 0 Å². The van der Waals surface area contributed by atoms with Gasteiger partial charge in [0.1, 0.15) is 0 Å². The maximum Gasteiger partial charge on any atom is 0.196 e. The summed E-state index contributed by atoms with van der Waals surface area (Å²) in [6.45, 7) is 12.9. The Kier molecular flexibility index (Phi) is 22.6. The standard InChI is InChI=1S/C9H22OSi.3H2O.Zr/c1-7(2)11(10,8(3)4)9(5)6;;;;/h7-10H,1-6H3;3*1H2;. The first-order valence-corrected chi connectivity index (χ1v) is 6.73. The van der Waals surface area contributed by atoms with Crippen molar-refractivity contribution in [3.05, 3.63) is 0 Å². The molecular weight excluding hydrogens is 291 g/mol. The zero-order valence-electron chi connectivity index (χ0n) is 10.7. The van der Waals surface area contributed by atoms with Crippen LogP contribution in [-0.4, -0.2) is 29.5 Å². The van der Waals surface area contributed by atoms with E-state index < -0.39 is 8.32 Å². The first-order valence-electron chi connectivity index (χ1n) is 4.55. The van der Waals surface area contributed by atoms with Gasteiger partial charge in [0.15, 0.2) is 8.32 Å². The van der Waals surface area contributed by atoms with Gasteiger partial charge < -0.3 is 21.2 Å². The molecule has 6 heteroatoms. The first kappa shape index (κ1) is 29.7. The minimum atomic E-state index is -1.98. The predicted molar refractivity (Wildman–Crippen MR) is 64.1 cm³/mol. The average molecular weight is 320 g/mol. The number of hydrogen-bond donors (Lipinski definition) is 1. The fourth-order valence-electron chi connectivity index (χ4n) is 2.00. The molecule has 0 fully saturated rings. The average Bonchev–Trinajstić information content (AvgIpc) is 1.84. The smallest absolute Gasteiger partial charge is 0.196 e. The molecule has 7 N–H and O–H groups in total. The van der Waals surface area contributed by atoms with Crippen molar-refractivity contribution in [2.75, 3.05) is 0 Å². The van der Waals surface area contributed by atoms with Crippen LogP contribution < -0.4 is 0 Å². The van der Waals surface area contributed by atoms with E-state index in [0.717, 1.165) is 0 Å². The van der Waals surface area contributed by atoms with Gasteiger partial charge in [-0.1, -0.05) is 41.5 Å². The Labute approximate surface area is 114 Å². The Bertz CT molecular complexity index is 110. The summed E-state index contributed by atoms with van der Waals surface area (Å²) >= 11 is 0. The van der Waals surface area contributed by atoms with Crippen LogP contribution in [0.3, 0.4) is 0 Å². The van der Waals surface area contributed by atoms with Crippen LogP contribution in [0.1, 0.15) is 41.5 Å². The summed E-state index contributed by atoms with van der Waals surface area (Å²) in [7, 11) is -1.98. The topological polar surface area (TPSA) is 115 Å². The van der Waals surface area contributed by atoms with Crippen LogP contribution in [0, 0.1) is 0 Å². The maximum absolute atomic E-state index is 10.4. The van der Waals surface area contributed by atoms with Crippen LogP contribution in [0.4, 0.5) is 0 Å². The van der Waals surface area contributed by atoms with E-state index in [4.69, 9.17) is 0 Å². The molecule has 0 saturated carbocycles. The third-order valence-corrected chi connectivity index (χ3v) is 8.32. The van der Waals surface area contributed by atoms with Crippen molar-refractivity contribution < 1.29 is 47.4 Å². The Balaban J connectivity index is -0.0000000833. The van der Waals surface area contributed by atoms with Gasteiger partial charge in [0.05, 0.1) is 0 Å². The predicted octanol–water partition coefficient (Wildman–Crippen LogP) is 0.678. The van der Waals surface area contributed by atoms with Crippen molar-refractivity contribution in [3.8, 4) is 0 Å². The fourth-order valence-corrected chi connectivity index (χ4v) is 6.00. The summed E-state index contributed by atoms with van der Waals surface area (Å²) in [6, 6.07) is 0. The zero-order chi connectivity index (χ0) is 9.23. The van der Waals surface area contributed by atoms with Crippen LogP contribution in [0.15, 0.2) is 0 Å². The van der Waals surface area contributed by atoms with Crippen molar-refractivity contribution in [1.82, 2.24) is 0 Å². The molecule has 4 nitrogen and oxygen atoms in total. The molecule has 0 heterocycles. The Morgan fingerprint density at radius 1 is 0.667 bits per heavy atom. The Morgan fingerprint density at radius 2 is 0.800 bits per heavy atom. The summed E-state index contributed by atoms with van der Waals surface area (Å²) in [5.41, 5.74) is 1.42. The van der Waals surface area contributed by atoms with Crippen molar-refractivity contribution in [2.45, 2.75) is 58.2 Å². The minimum absolute atomic E-state index is 0. The van der Waals surface area contributed by atoms with Crippen LogP contribution in [0.5, 0.6) is 0 Å². The summed E-state index contributed by atoms with van der Waals surface area (Å²) in [5, 5.41) is 0. The van der Waals surface area contributed by atoms with E-state index in [2.05, 4.69) is 41.5 Å². The van der Waals surface area contributed by atoms with E-state index in [1.54, 1.807) is 0 Å². The molecule has 0 aliphatic rings. The molecule has 15 heavy (non-hydrogen) atoms. The third-order valence-electron chi connectivity index (χ3n) is 2.77. The first-order chi connectivity index (χ1) is 4.83. The normalized spacial score (nSPS) is 10.0. The molecule has 0 radical (unpaired) electrons. The van der Waals surface area contributed by atoms with E-state index in [1.807, 2.05) is 0 Å². The number of hydrogen-bond acceptors (Lipinski definition) is 1. The molecule has 96 valence electrons. The summed E-state index contributed by atoms with van der Waals surface area (Å²) in [5.74, 6) is 0. The second kappa shape index (κ2) is 11.4. The van der Waals surface area contributed by atoms with Gasteiger partial charge >= 0.3 is 0 Å². The molecule has 0 unspecified atom stereocenters. The summed E-state index contributed by atoms with van der Waals surface area (Å²) in [6.07, 6.45) is 0. The van der Waals surface area contributed by atoms with Crippen molar-refractivity contribution in [1.29, 1.82) is 0 Å². The maximum atomic E-state index is 10.4. The molecular formula is C9H28O4SiZr. The van der Waals surface area contributed by atoms with Gasteiger partial charge in [-0.3, -0.25) is 0 Å². The van der Waals surface area contributed by atoms with E-state index >= 15 is 0 Å². The third kappa shape index (κ3) is 6.97. The molecule has 0 aliphatic carbocycles. The molecule has 0 aromatic carbocycles. The Morgan fingerprint density at radius 3 is 0.800 bits per heavy atom. The van der Waals surface area contributed by atoms with Crippen LogP contribution in [0.25, 0.3) is 0 Å². The van der Waals surface area contributed by atoms with Crippen molar-refractivity contribution in [3.63, 3.8) is 0 Å². The van der Waals surface area contributed by atoms with Gasteiger partial charge in [-0.25, -0.2) is 0 Å². The van der Waals surface area contributed by atoms with Crippen molar-refractivity contribution in [2.24, 2.45) is 0 Å². The van der Waals surface area contributed by atoms with Crippen LogP contribution in [0.2, 0.25) is 16.6 Å². The minimum Gasteiger partial charge on any atom is -0.431 e. The molecule has 0 amide bonds. The SMILES string of the molecule is CC(C)[Si](O)(C(C)C)C(C)C.O.O.O.[Zr]. The monoisotopic (exact) mass is 318 g/mol. The van der Waals surface area contributed by atoms with Gasteiger partial charge in [0, 0.05) is 26.2 Å². The molecule has 0 aromatic rings. The second-order valence-corrected chi connectivity index (χ2v) is 9.59. The van der Waals surface area contributed by atoms with E-state index in [0.29, 0.717) is 16.6 Å². The molecule has 0 rings (SSSR count). The quantitative estimate of drug-likeness (QED) is 0.757. The van der Waals surface area contributed by atoms with Crippen molar-refractivity contribution >= 4 is 8.32 Å². The molecule has 0 spiro atoms. The largest absolute Gasteiger partial charge is 0.431 e. The molecule has 0 atom stereocenters. The van der Waals surface area contributed by atoms with Crippen LogP contribution >= 0.6 is 0 Å². The van der Waals surface area contributed by atoms with Gasteiger partial charge in [-0.2, -0.15) is 0 Å². The summed E-state index contributed by atoms with van der Waals surface area (Å²) in [4.78, 5) is 10.4. The van der Waals surface area contributed by atoms with Gasteiger partial charge in [-0.15, -0.1) is 0 Å². The molecule has 0 aromatic heterocycles. The Hall–Kier alpha value is 0.940. The van der Waals surface area contributed by atoms with Gasteiger partial charge in [-0.05, 0) is 16.6 Å². The van der Waals surface area contributed by atoms with Crippen LogP contribution in [-0.2, 0) is 26.2 Å². The molecule has 0 saturated heterocycles. The molecule has 0 aliphatic heterocycles. The van der Waals surface area contributed by atoms with Gasteiger partial charge in [0.25, 0.3) is 0 Å². The fraction of sp³-hybridized carbons (Fsp3) is 1.00. The van der Waals surface area contributed by atoms with E-state index in [9.17, 15) is 4.80 Å².